The zero-order valence-electron chi connectivity index (χ0n) is 10.5. The maximum absolute atomic E-state index is 11.5. The number of carboxylic acids is 1. The van der Waals surface area contributed by atoms with Gasteiger partial charge in [0.05, 0.1) is 18.1 Å². The van der Waals surface area contributed by atoms with E-state index in [1.807, 2.05) is 0 Å². The monoisotopic (exact) mass is 294 g/mol. The summed E-state index contributed by atoms with van der Waals surface area (Å²) in [7, 11) is -3.12. The van der Waals surface area contributed by atoms with Crippen molar-refractivity contribution in [1.29, 1.82) is 0 Å². The number of hydrogen-bond donors (Lipinski definition) is 4. The van der Waals surface area contributed by atoms with E-state index >= 15 is 0 Å². The minimum absolute atomic E-state index is 0.0544. The maximum atomic E-state index is 11.5. The van der Waals surface area contributed by atoms with Crippen molar-refractivity contribution in [2.75, 3.05) is 24.6 Å². The van der Waals surface area contributed by atoms with Crippen molar-refractivity contribution < 1.29 is 28.2 Å². The molecule has 1 rings (SSSR count). The highest BCUT2D eigenvalue weighted by Gasteiger charge is 2.31. The fourth-order valence-electron chi connectivity index (χ4n) is 1.64. The van der Waals surface area contributed by atoms with Crippen molar-refractivity contribution in [1.82, 2.24) is 10.6 Å². The summed E-state index contributed by atoms with van der Waals surface area (Å²) < 4.78 is 22.7. The Morgan fingerprint density at radius 1 is 1.47 bits per heavy atom. The van der Waals surface area contributed by atoms with Crippen LogP contribution in [0.5, 0.6) is 0 Å². The first-order chi connectivity index (χ1) is 8.62. The Morgan fingerprint density at radius 3 is 2.63 bits per heavy atom. The molecular weight excluding hydrogens is 276 g/mol. The van der Waals surface area contributed by atoms with Gasteiger partial charge in [0.15, 0.2) is 15.4 Å². The minimum Gasteiger partial charge on any atom is -0.479 e. The number of nitrogens with one attached hydrogen (secondary N) is 2. The zero-order chi connectivity index (χ0) is 14.7. The Kier molecular flexibility index (Phi) is 4.88. The summed E-state index contributed by atoms with van der Waals surface area (Å²) in [5, 5.41) is 23.2. The summed E-state index contributed by atoms with van der Waals surface area (Å²) in [5.41, 5.74) is -2.04. The molecule has 4 N–H and O–H groups in total. The van der Waals surface area contributed by atoms with Crippen LogP contribution in [0, 0.1) is 0 Å². The van der Waals surface area contributed by atoms with Crippen molar-refractivity contribution >= 4 is 21.7 Å². The summed E-state index contributed by atoms with van der Waals surface area (Å²) in [5.74, 6) is -2.00. The molecule has 0 aliphatic carbocycles. The third-order valence-corrected chi connectivity index (χ3v) is 4.56. The zero-order valence-corrected chi connectivity index (χ0v) is 11.4. The number of aliphatic carboxylic acids is 1. The Morgan fingerprint density at radius 2 is 2.11 bits per heavy atom. The molecular formula is C10H18N2O6S. The molecule has 0 aromatic rings. The molecule has 9 heteroatoms. The number of sulfone groups is 1. The van der Waals surface area contributed by atoms with Gasteiger partial charge in [-0.25, -0.2) is 13.2 Å². The molecule has 1 aliphatic heterocycles. The Labute approximate surface area is 111 Å². The van der Waals surface area contributed by atoms with Gasteiger partial charge >= 0.3 is 5.97 Å². The topological polar surface area (TPSA) is 133 Å². The van der Waals surface area contributed by atoms with Crippen LogP contribution in [0.4, 0.5) is 0 Å². The molecule has 1 saturated heterocycles. The van der Waals surface area contributed by atoms with E-state index in [4.69, 9.17) is 5.11 Å². The number of rotatable bonds is 5. The number of carbonyl (C=O) groups excluding carboxylic acids is 1. The van der Waals surface area contributed by atoms with Crippen LogP contribution in [-0.4, -0.2) is 66.7 Å². The van der Waals surface area contributed by atoms with E-state index in [2.05, 4.69) is 10.6 Å². The highest BCUT2D eigenvalue weighted by atomic mass is 32.2. The number of carboxylic acid groups (broad SMARTS) is 1. The van der Waals surface area contributed by atoms with Crippen LogP contribution in [0.15, 0.2) is 0 Å². The SMILES string of the molecule is CC(O)(CNC(=O)CC1CS(=O)(=O)CCN1)C(=O)O. The van der Waals surface area contributed by atoms with Crippen LogP contribution in [0.3, 0.4) is 0 Å². The second-order valence-corrected chi connectivity index (χ2v) is 7.05. The standard InChI is InChI=1S/C10H18N2O6S/c1-10(16,9(14)15)6-12-8(13)4-7-5-19(17,18)3-2-11-7/h7,11,16H,2-6H2,1H3,(H,12,13)(H,14,15). The Bertz CT molecular complexity index is 459. The summed E-state index contributed by atoms with van der Waals surface area (Å²) in [4.78, 5) is 22.2. The van der Waals surface area contributed by atoms with Crippen LogP contribution in [-0.2, 0) is 19.4 Å². The summed E-state index contributed by atoms with van der Waals surface area (Å²) in [6.07, 6.45) is -0.0745. The fourth-order valence-corrected chi connectivity index (χ4v) is 3.08. The van der Waals surface area contributed by atoms with Crippen molar-refractivity contribution in [3.63, 3.8) is 0 Å². The first-order valence-corrected chi connectivity index (χ1v) is 7.61. The smallest absolute Gasteiger partial charge is 0.337 e. The molecule has 19 heavy (non-hydrogen) atoms. The number of aliphatic hydroxyl groups is 1. The predicted molar refractivity (Wildman–Crippen MR) is 66.3 cm³/mol. The Hall–Kier alpha value is -1.19. The van der Waals surface area contributed by atoms with Gasteiger partial charge in [-0.1, -0.05) is 0 Å². The molecule has 110 valence electrons. The lowest BCUT2D eigenvalue weighted by atomic mass is 10.1. The van der Waals surface area contributed by atoms with Crippen LogP contribution in [0.25, 0.3) is 0 Å². The molecule has 0 saturated carbocycles. The first kappa shape index (κ1) is 15.9. The summed E-state index contributed by atoms with van der Waals surface area (Å²) >= 11 is 0. The normalized spacial score (nSPS) is 25.3. The minimum atomic E-state index is -3.12. The first-order valence-electron chi connectivity index (χ1n) is 5.79. The number of carbonyl (C=O) groups is 2. The van der Waals surface area contributed by atoms with E-state index in [-0.39, 0.29) is 17.9 Å². The molecule has 0 aromatic heterocycles. The highest BCUT2D eigenvalue weighted by Crippen LogP contribution is 2.06. The lowest BCUT2D eigenvalue weighted by Crippen LogP contribution is -2.50. The van der Waals surface area contributed by atoms with Crippen molar-refractivity contribution in [2.24, 2.45) is 0 Å². The fraction of sp³-hybridized carbons (Fsp3) is 0.800. The number of hydrogen-bond acceptors (Lipinski definition) is 6. The van der Waals surface area contributed by atoms with Crippen molar-refractivity contribution in [3.05, 3.63) is 0 Å². The van der Waals surface area contributed by atoms with Crippen molar-refractivity contribution in [2.45, 2.75) is 25.0 Å². The van der Waals surface area contributed by atoms with E-state index in [1.54, 1.807) is 0 Å². The average molecular weight is 294 g/mol. The van der Waals surface area contributed by atoms with Crippen LogP contribution in [0.2, 0.25) is 0 Å². The van der Waals surface area contributed by atoms with Gasteiger partial charge in [0, 0.05) is 19.0 Å². The lowest BCUT2D eigenvalue weighted by molar-refractivity contribution is -0.156. The molecule has 8 nitrogen and oxygen atoms in total. The second-order valence-electron chi connectivity index (χ2n) is 4.83. The van der Waals surface area contributed by atoms with Gasteiger partial charge in [0.25, 0.3) is 0 Å². The quantitative estimate of drug-likeness (QED) is 0.449. The molecule has 0 spiro atoms. The van der Waals surface area contributed by atoms with Crippen LogP contribution in [0.1, 0.15) is 13.3 Å². The van der Waals surface area contributed by atoms with Gasteiger partial charge < -0.3 is 20.8 Å². The third kappa shape index (κ3) is 5.13. The molecule has 2 atom stereocenters. The number of amides is 1. The molecule has 0 radical (unpaired) electrons. The maximum Gasteiger partial charge on any atom is 0.337 e. The molecule has 1 fully saturated rings. The largest absolute Gasteiger partial charge is 0.479 e. The molecule has 0 aromatic carbocycles. The van der Waals surface area contributed by atoms with Gasteiger partial charge in [-0.15, -0.1) is 0 Å². The molecule has 1 heterocycles. The van der Waals surface area contributed by atoms with E-state index in [0.29, 0.717) is 6.54 Å². The summed E-state index contributed by atoms with van der Waals surface area (Å²) in [6, 6.07) is -0.478. The second kappa shape index (κ2) is 5.85. The molecule has 0 bridgehead atoms. The lowest BCUT2D eigenvalue weighted by Gasteiger charge is -2.24. The van der Waals surface area contributed by atoms with E-state index in [1.165, 1.54) is 0 Å². The third-order valence-electron chi connectivity index (χ3n) is 2.82. The van der Waals surface area contributed by atoms with Crippen LogP contribution >= 0.6 is 0 Å². The van der Waals surface area contributed by atoms with Gasteiger partial charge in [0.1, 0.15) is 0 Å². The van der Waals surface area contributed by atoms with E-state index < -0.39 is 39.9 Å². The van der Waals surface area contributed by atoms with E-state index in [0.717, 1.165) is 6.92 Å². The summed E-state index contributed by atoms with van der Waals surface area (Å²) in [6.45, 7) is 0.937. The van der Waals surface area contributed by atoms with Gasteiger partial charge in [0.2, 0.25) is 5.91 Å². The van der Waals surface area contributed by atoms with Gasteiger partial charge in [-0.3, -0.25) is 4.79 Å². The van der Waals surface area contributed by atoms with E-state index in [9.17, 15) is 23.1 Å². The molecule has 1 amide bonds. The van der Waals surface area contributed by atoms with Gasteiger partial charge in [-0.05, 0) is 6.92 Å². The molecule has 2 unspecified atom stereocenters. The highest BCUT2D eigenvalue weighted by molar-refractivity contribution is 7.91. The van der Waals surface area contributed by atoms with Crippen molar-refractivity contribution in [3.8, 4) is 0 Å². The molecule has 1 aliphatic rings. The average Bonchev–Trinajstić information content (AvgIpc) is 2.25. The Balaban J connectivity index is 2.42. The van der Waals surface area contributed by atoms with Gasteiger partial charge in [-0.2, -0.15) is 0 Å². The predicted octanol–water partition coefficient (Wildman–Crippen LogP) is -2.29. The van der Waals surface area contributed by atoms with Crippen LogP contribution < -0.4 is 10.6 Å².